The predicted octanol–water partition coefficient (Wildman–Crippen LogP) is 11.1. The molecule has 3 nitrogen and oxygen atoms in total. The number of hydrogen-bond acceptors (Lipinski definition) is 1. The Morgan fingerprint density at radius 3 is 1.46 bits per heavy atom. The maximum absolute atomic E-state index is 9.85. The summed E-state index contributed by atoms with van der Waals surface area (Å²) in [6.07, 6.45) is 0. The Bertz CT molecular complexity index is 2540. The van der Waals surface area contributed by atoms with Crippen LogP contribution in [0.25, 0.3) is 77.2 Å². The van der Waals surface area contributed by atoms with Crippen LogP contribution in [-0.2, 0) is 0 Å². The molecule has 0 fully saturated rings. The number of nitrogens with zero attached hydrogens (tertiary/aromatic N) is 3. The molecule has 9 aromatic rings. The number of nitriles is 1. The smallest absolute Gasteiger partial charge is 0.0991 e. The van der Waals surface area contributed by atoms with Crippen LogP contribution in [0.2, 0.25) is 0 Å². The number of para-hydroxylation sites is 4. The van der Waals surface area contributed by atoms with Gasteiger partial charge in [-0.2, -0.15) is 5.26 Å². The van der Waals surface area contributed by atoms with E-state index < -0.39 is 0 Å². The van der Waals surface area contributed by atoms with Crippen LogP contribution < -0.4 is 0 Å². The monoisotopic (exact) mass is 585 g/mol. The minimum atomic E-state index is 0.641. The molecule has 0 spiro atoms. The number of hydrogen-bond donors (Lipinski definition) is 0. The molecule has 3 heteroatoms. The lowest BCUT2D eigenvalue weighted by atomic mass is 9.92. The fraction of sp³-hybridized carbons (Fsp3) is 0. The molecule has 2 aromatic heterocycles. The van der Waals surface area contributed by atoms with E-state index in [4.69, 9.17) is 0 Å². The largest absolute Gasteiger partial charge is 0.309 e. The maximum atomic E-state index is 9.85. The summed E-state index contributed by atoms with van der Waals surface area (Å²) in [5.74, 6) is 0. The second-order valence-electron chi connectivity index (χ2n) is 11.7. The summed E-state index contributed by atoms with van der Waals surface area (Å²) in [6.45, 7) is 0. The van der Waals surface area contributed by atoms with Gasteiger partial charge in [0, 0.05) is 32.8 Å². The van der Waals surface area contributed by atoms with Crippen LogP contribution >= 0.6 is 0 Å². The minimum Gasteiger partial charge on any atom is -0.309 e. The molecule has 0 saturated heterocycles. The molecule has 0 unspecified atom stereocenters. The van der Waals surface area contributed by atoms with Gasteiger partial charge >= 0.3 is 0 Å². The summed E-state index contributed by atoms with van der Waals surface area (Å²) < 4.78 is 4.72. The van der Waals surface area contributed by atoms with Crippen molar-refractivity contribution in [2.45, 2.75) is 0 Å². The Labute approximate surface area is 266 Å². The Balaban J connectivity index is 1.29. The molecule has 0 bridgehead atoms. The van der Waals surface area contributed by atoms with E-state index in [1.54, 1.807) is 0 Å². The zero-order valence-corrected chi connectivity index (χ0v) is 24.9. The van der Waals surface area contributed by atoms with Crippen molar-refractivity contribution in [3.05, 3.63) is 169 Å². The van der Waals surface area contributed by atoms with Crippen molar-refractivity contribution in [3.8, 4) is 39.7 Å². The van der Waals surface area contributed by atoms with Gasteiger partial charge in [-0.1, -0.05) is 109 Å². The summed E-state index contributed by atoms with van der Waals surface area (Å²) in [4.78, 5) is 0. The van der Waals surface area contributed by atoms with Crippen molar-refractivity contribution in [2.75, 3.05) is 0 Å². The van der Waals surface area contributed by atoms with E-state index in [0.717, 1.165) is 44.7 Å². The van der Waals surface area contributed by atoms with Crippen molar-refractivity contribution >= 4 is 43.6 Å². The SMILES string of the molecule is N#Cc1cccc(-c2c(-c3ccc(-n4c5ccccc5c5ccccc54)cc3)cccc2-n2c3ccccc3c3ccccc32)c1. The highest BCUT2D eigenvalue weighted by atomic mass is 15.0. The molecule has 2 heterocycles. The third-order valence-corrected chi connectivity index (χ3v) is 9.16. The average molecular weight is 586 g/mol. The van der Waals surface area contributed by atoms with Crippen LogP contribution in [0.4, 0.5) is 0 Å². The average Bonchev–Trinajstić information content (AvgIpc) is 3.64. The van der Waals surface area contributed by atoms with Crippen molar-refractivity contribution < 1.29 is 0 Å². The van der Waals surface area contributed by atoms with E-state index >= 15 is 0 Å². The molecule has 7 aromatic carbocycles. The van der Waals surface area contributed by atoms with E-state index in [-0.39, 0.29) is 0 Å². The standard InChI is InChI=1S/C43H27N3/c44-28-29-11-9-12-31(27-29)43-33(17-10-22-42(43)46-40-20-7-3-15-36(40)37-16-4-8-21-41(37)46)30-23-25-32(26-24-30)45-38-18-5-1-13-34(38)35-14-2-6-19-39(35)45/h1-27H. The fourth-order valence-electron chi connectivity index (χ4n) is 7.19. The molecule has 0 N–H and O–H groups in total. The Morgan fingerprint density at radius 2 is 0.913 bits per heavy atom. The number of rotatable bonds is 4. The van der Waals surface area contributed by atoms with Gasteiger partial charge < -0.3 is 9.13 Å². The number of aromatic nitrogens is 2. The van der Waals surface area contributed by atoms with Gasteiger partial charge in [-0.3, -0.25) is 0 Å². The van der Waals surface area contributed by atoms with E-state index in [0.29, 0.717) is 5.56 Å². The molecule has 0 radical (unpaired) electrons. The van der Waals surface area contributed by atoms with Gasteiger partial charge in [0.2, 0.25) is 0 Å². The Kier molecular flexibility index (Phi) is 5.88. The lowest BCUT2D eigenvalue weighted by Crippen LogP contribution is -2.00. The third kappa shape index (κ3) is 3.91. The summed E-state index contributed by atoms with van der Waals surface area (Å²) in [5, 5.41) is 14.8. The van der Waals surface area contributed by atoms with Crippen LogP contribution in [0, 0.1) is 11.3 Å². The summed E-state index contributed by atoms with van der Waals surface area (Å²) in [7, 11) is 0. The van der Waals surface area contributed by atoms with Crippen molar-refractivity contribution in [3.63, 3.8) is 0 Å². The van der Waals surface area contributed by atoms with Gasteiger partial charge in [0.15, 0.2) is 0 Å². The molecule has 214 valence electrons. The van der Waals surface area contributed by atoms with E-state index in [9.17, 15) is 5.26 Å². The first kappa shape index (κ1) is 26.1. The lowest BCUT2D eigenvalue weighted by molar-refractivity contribution is 1.18. The molecule has 9 rings (SSSR count). The first-order chi connectivity index (χ1) is 22.8. The maximum Gasteiger partial charge on any atom is 0.0991 e. The third-order valence-electron chi connectivity index (χ3n) is 9.16. The highest BCUT2D eigenvalue weighted by Crippen LogP contribution is 2.42. The second kappa shape index (κ2) is 10.4. The zero-order valence-electron chi connectivity index (χ0n) is 24.9. The van der Waals surface area contributed by atoms with Crippen LogP contribution in [0.5, 0.6) is 0 Å². The van der Waals surface area contributed by atoms with Crippen molar-refractivity contribution in [1.82, 2.24) is 9.13 Å². The van der Waals surface area contributed by atoms with Gasteiger partial charge in [-0.15, -0.1) is 0 Å². The van der Waals surface area contributed by atoms with E-state index in [1.165, 1.54) is 32.6 Å². The molecule has 0 aliphatic heterocycles. The number of benzene rings is 7. The molecule has 46 heavy (non-hydrogen) atoms. The van der Waals surface area contributed by atoms with Gasteiger partial charge in [-0.25, -0.2) is 0 Å². The Morgan fingerprint density at radius 1 is 0.413 bits per heavy atom. The number of fused-ring (bicyclic) bond motifs is 6. The quantitative estimate of drug-likeness (QED) is 0.202. The lowest BCUT2D eigenvalue weighted by Gasteiger charge is -2.19. The zero-order chi connectivity index (χ0) is 30.6. The Hall–Kier alpha value is -6.37. The van der Waals surface area contributed by atoms with Crippen LogP contribution in [0.1, 0.15) is 5.56 Å². The molecular weight excluding hydrogens is 558 g/mol. The van der Waals surface area contributed by atoms with Crippen molar-refractivity contribution in [1.29, 1.82) is 5.26 Å². The topological polar surface area (TPSA) is 33.6 Å². The molecular formula is C43H27N3. The normalized spacial score (nSPS) is 11.5. The molecule has 0 saturated carbocycles. The van der Waals surface area contributed by atoms with Crippen LogP contribution in [0.3, 0.4) is 0 Å². The van der Waals surface area contributed by atoms with Gasteiger partial charge in [0.05, 0.1) is 39.4 Å². The van der Waals surface area contributed by atoms with Crippen LogP contribution in [-0.4, -0.2) is 9.13 Å². The molecule has 0 aliphatic carbocycles. The van der Waals surface area contributed by atoms with Crippen LogP contribution in [0.15, 0.2) is 164 Å². The summed E-state index contributed by atoms with van der Waals surface area (Å²) in [6, 6.07) is 60.1. The first-order valence-electron chi connectivity index (χ1n) is 15.5. The predicted molar refractivity (Wildman–Crippen MR) is 191 cm³/mol. The summed E-state index contributed by atoms with van der Waals surface area (Å²) >= 11 is 0. The van der Waals surface area contributed by atoms with E-state index in [2.05, 4.69) is 161 Å². The second-order valence-corrected chi connectivity index (χ2v) is 11.7. The molecule has 0 aliphatic rings. The first-order valence-corrected chi connectivity index (χ1v) is 15.5. The van der Waals surface area contributed by atoms with Gasteiger partial charge in [0.1, 0.15) is 0 Å². The van der Waals surface area contributed by atoms with Crippen molar-refractivity contribution in [2.24, 2.45) is 0 Å². The molecule has 0 atom stereocenters. The molecule has 0 amide bonds. The van der Waals surface area contributed by atoms with E-state index in [1.807, 2.05) is 18.2 Å². The fourth-order valence-corrected chi connectivity index (χ4v) is 7.19. The van der Waals surface area contributed by atoms with Gasteiger partial charge in [0.25, 0.3) is 0 Å². The highest BCUT2D eigenvalue weighted by molar-refractivity contribution is 6.11. The minimum absolute atomic E-state index is 0.641. The van der Waals surface area contributed by atoms with Gasteiger partial charge in [-0.05, 0) is 71.3 Å². The highest BCUT2D eigenvalue weighted by Gasteiger charge is 2.19. The summed E-state index contributed by atoms with van der Waals surface area (Å²) in [5.41, 5.74) is 11.9.